The van der Waals surface area contributed by atoms with Crippen LogP contribution in [0, 0.1) is 0 Å². The number of pyridine rings is 1. The Hall–Kier alpha value is -1.74. The Labute approximate surface area is 114 Å². The van der Waals surface area contributed by atoms with Crippen molar-refractivity contribution in [1.29, 1.82) is 0 Å². The Kier molecular flexibility index (Phi) is 4.63. The fourth-order valence-electron chi connectivity index (χ4n) is 2.14. The molecule has 0 spiro atoms. The number of Topliss-reactive ketones (excluding diaryl/α,β-unsaturated/α-hetero) is 1. The standard InChI is InChI=1S/C16H20N2O/c1-12(2)18-9-4-7-16(19)15-6-3-5-13-11-17-10-8-14(13)15/h3,5-6,8,10-12,18H,4,7,9H2,1-2H3. The normalized spacial score (nSPS) is 11.1. The zero-order chi connectivity index (χ0) is 13.7. The van der Waals surface area contributed by atoms with Gasteiger partial charge in [0, 0.05) is 35.8 Å². The number of benzene rings is 1. The summed E-state index contributed by atoms with van der Waals surface area (Å²) < 4.78 is 0. The minimum atomic E-state index is 0.211. The van der Waals surface area contributed by atoms with Crippen molar-refractivity contribution in [2.24, 2.45) is 0 Å². The van der Waals surface area contributed by atoms with Gasteiger partial charge in [-0.3, -0.25) is 9.78 Å². The second-order valence-corrected chi connectivity index (χ2v) is 5.04. The van der Waals surface area contributed by atoms with Gasteiger partial charge in [-0.15, -0.1) is 0 Å². The lowest BCUT2D eigenvalue weighted by atomic mass is 10.0. The maximum absolute atomic E-state index is 12.3. The molecule has 100 valence electrons. The van der Waals surface area contributed by atoms with E-state index in [4.69, 9.17) is 0 Å². The van der Waals surface area contributed by atoms with Crippen molar-refractivity contribution in [3.05, 3.63) is 42.2 Å². The number of hydrogen-bond acceptors (Lipinski definition) is 3. The fraction of sp³-hybridized carbons (Fsp3) is 0.375. The first-order valence-corrected chi connectivity index (χ1v) is 6.78. The van der Waals surface area contributed by atoms with E-state index >= 15 is 0 Å². The summed E-state index contributed by atoms with van der Waals surface area (Å²) >= 11 is 0. The van der Waals surface area contributed by atoms with E-state index in [2.05, 4.69) is 24.1 Å². The zero-order valence-electron chi connectivity index (χ0n) is 11.5. The van der Waals surface area contributed by atoms with Crippen LogP contribution in [0.25, 0.3) is 10.8 Å². The molecule has 0 radical (unpaired) electrons. The van der Waals surface area contributed by atoms with Gasteiger partial charge in [-0.1, -0.05) is 32.0 Å². The molecule has 1 aromatic heterocycles. The summed E-state index contributed by atoms with van der Waals surface area (Å²) in [6.45, 7) is 5.11. The number of carbonyl (C=O) groups excluding carboxylic acids is 1. The first-order valence-electron chi connectivity index (χ1n) is 6.78. The van der Waals surface area contributed by atoms with Crippen LogP contribution in [0.3, 0.4) is 0 Å². The summed E-state index contributed by atoms with van der Waals surface area (Å²) in [6, 6.07) is 8.19. The largest absolute Gasteiger partial charge is 0.315 e. The second kappa shape index (κ2) is 6.43. The number of carbonyl (C=O) groups is 1. The van der Waals surface area contributed by atoms with Crippen LogP contribution in [0.4, 0.5) is 0 Å². The highest BCUT2D eigenvalue weighted by molar-refractivity contribution is 6.07. The van der Waals surface area contributed by atoms with Crippen LogP contribution >= 0.6 is 0 Å². The van der Waals surface area contributed by atoms with Crippen molar-refractivity contribution in [3.63, 3.8) is 0 Å². The summed E-state index contributed by atoms with van der Waals surface area (Å²) in [4.78, 5) is 16.3. The second-order valence-electron chi connectivity index (χ2n) is 5.04. The van der Waals surface area contributed by atoms with Crippen LogP contribution in [0.1, 0.15) is 37.0 Å². The SMILES string of the molecule is CC(C)NCCCC(=O)c1cccc2cnccc12. The fourth-order valence-corrected chi connectivity index (χ4v) is 2.14. The Bertz CT molecular complexity index is 558. The summed E-state index contributed by atoms with van der Waals surface area (Å²) in [5.41, 5.74) is 0.810. The molecule has 0 bridgehead atoms. The first kappa shape index (κ1) is 13.7. The molecule has 0 amide bonds. The van der Waals surface area contributed by atoms with Crippen LogP contribution in [-0.4, -0.2) is 23.4 Å². The smallest absolute Gasteiger partial charge is 0.163 e. The highest BCUT2D eigenvalue weighted by Gasteiger charge is 2.09. The number of aromatic nitrogens is 1. The topological polar surface area (TPSA) is 42.0 Å². The predicted molar refractivity (Wildman–Crippen MR) is 78.4 cm³/mol. The van der Waals surface area contributed by atoms with Crippen LogP contribution in [0.2, 0.25) is 0 Å². The van der Waals surface area contributed by atoms with Gasteiger partial charge in [0.2, 0.25) is 0 Å². The third-order valence-corrected chi connectivity index (χ3v) is 3.11. The van der Waals surface area contributed by atoms with Crippen LogP contribution in [0.5, 0.6) is 0 Å². The van der Waals surface area contributed by atoms with E-state index < -0.39 is 0 Å². The molecule has 1 N–H and O–H groups in total. The predicted octanol–water partition coefficient (Wildman–Crippen LogP) is 3.20. The van der Waals surface area contributed by atoms with E-state index in [9.17, 15) is 4.79 Å². The monoisotopic (exact) mass is 256 g/mol. The Morgan fingerprint density at radius 2 is 2.16 bits per heavy atom. The minimum Gasteiger partial charge on any atom is -0.315 e. The van der Waals surface area contributed by atoms with Crippen LogP contribution in [0.15, 0.2) is 36.7 Å². The molecular formula is C16H20N2O. The van der Waals surface area contributed by atoms with Crippen molar-refractivity contribution in [2.75, 3.05) is 6.54 Å². The van der Waals surface area contributed by atoms with Gasteiger partial charge in [0.1, 0.15) is 0 Å². The number of nitrogens with zero attached hydrogens (tertiary/aromatic N) is 1. The van der Waals surface area contributed by atoms with Crippen molar-refractivity contribution in [2.45, 2.75) is 32.7 Å². The third-order valence-electron chi connectivity index (χ3n) is 3.11. The lowest BCUT2D eigenvalue weighted by Gasteiger charge is -2.08. The molecule has 0 aliphatic heterocycles. The zero-order valence-corrected chi connectivity index (χ0v) is 11.5. The quantitative estimate of drug-likeness (QED) is 0.637. The Morgan fingerprint density at radius 1 is 1.32 bits per heavy atom. The van der Waals surface area contributed by atoms with Gasteiger partial charge >= 0.3 is 0 Å². The molecule has 3 nitrogen and oxygen atoms in total. The molecule has 0 aliphatic rings. The van der Waals surface area contributed by atoms with Crippen molar-refractivity contribution < 1.29 is 4.79 Å². The molecule has 1 aromatic carbocycles. The van der Waals surface area contributed by atoms with Gasteiger partial charge in [-0.05, 0) is 24.4 Å². The van der Waals surface area contributed by atoms with E-state index in [0.29, 0.717) is 12.5 Å². The molecule has 0 fully saturated rings. The number of rotatable bonds is 6. The summed E-state index contributed by atoms with van der Waals surface area (Å²) in [7, 11) is 0. The molecule has 2 rings (SSSR count). The van der Waals surface area contributed by atoms with Crippen molar-refractivity contribution in [1.82, 2.24) is 10.3 Å². The van der Waals surface area contributed by atoms with Gasteiger partial charge in [0.05, 0.1) is 0 Å². The summed E-state index contributed by atoms with van der Waals surface area (Å²) in [6.07, 6.45) is 4.99. The Balaban J connectivity index is 2.05. The van der Waals surface area contributed by atoms with Gasteiger partial charge < -0.3 is 5.32 Å². The van der Waals surface area contributed by atoms with Gasteiger partial charge in [-0.2, -0.15) is 0 Å². The number of ketones is 1. The van der Waals surface area contributed by atoms with Gasteiger partial charge in [0.15, 0.2) is 5.78 Å². The minimum absolute atomic E-state index is 0.211. The average Bonchev–Trinajstić information content (AvgIpc) is 2.42. The lowest BCUT2D eigenvalue weighted by molar-refractivity contribution is 0.0981. The summed E-state index contributed by atoms with van der Waals surface area (Å²) in [5.74, 6) is 0.211. The average molecular weight is 256 g/mol. The highest BCUT2D eigenvalue weighted by atomic mass is 16.1. The molecule has 19 heavy (non-hydrogen) atoms. The van der Waals surface area contributed by atoms with E-state index in [-0.39, 0.29) is 5.78 Å². The van der Waals surface area contributed by atoms with E-state index in [0.717, 1.165) is 29.3 Å². The molecular weight excluding hydrogens is 236 g/mol. The lowest BCUT2D eigenvalue weighted by Crippen LogP contribution is -2.24. The van der Waals surface area contributed by atoms with Crippen LogP contribution in [-0.2, 0) is 0 Å². The van der Waals surface area contributed by atoms with E-state index in [1.54, 1.807) is 12.4 Å². The van der Waals surface area contributed by atoms with Crippen molar-refractivity contribution in [3.8, 4) is 0 Å². The molecule has 0 saturated carbocycles. The molecule has 1 heterocycles. The summed E-state index contributed by atoms with van der Waals surface area (Å²) in [5, 5.41) is 5.35. The first-order chi connectivity index (χ1) is 9.18. The molecule has 2 aromatic rings. The van der Waals surface area contributed by atoms with E-state index in [1.807, 2.05) is 24.3 Å². The maximum atomic E-state index is 12.3. The molecule has 0 saturated heterocycles. The van der Waals surface area contributed by atoms with E-state index in [1.165, 1.54) is 0 Å². The van der Waals surface area contributed by atoms with Gasteiger partial charge in [-0.25, -0.2) is 0 Å². The van der Waals surface area contributed by atoms with Crippen molar-refractivity contribution >= 4 is 16.6 Å². The molecule has 0 unspecified atom stereocenters. The van der Waals surface area contributed by atoms with Gasteiger partial charge in [0.25, 0.3) is 0 Å². The number of nitrogens with one attached hydrogen (secondary N) is 1. The highest BCUT2D eigenvalue weighted by Crippen LogP contribution is 2.19. The molecule has 0 atom stereocenters. The number of fused-ring (bicyclic) bond motifs is 1. The maximum Gasteiger partial charge on any atom is 0.163 e. The molecule has 0 aliphatic carbocycles. The molecule has 3 heteroatoms. The van der Waals surface area contributed by atoms with Crippen LogP contribution < -0.4 is 5.32 Å². The third kappa shape index (κ3) is 3.61. The Morgan fingerprint density at radius 3 is 2.95 bits per heavy atom. The number of hydrogen-bond donors (Lipinski definition) is 1.